The maximum Gasteiger partial charge on any atom is 0.397 e. The van der Waals surface area contributed by atoms with Crippen LogP contribution in [0.2, 0.25) is 0 Å². The summed E-state index contributed by atoms with van der Waals surface area (Å²) in [5, 5.41) is 14.7. The third-order valence-corrected chi connectivity index (χ3v) is 12.0. The van der Waals surface area contributed by atoms with Gasteiger partial charge in [0.05, 0.1) is 27.9 Å². The van der Waals surface area contributed by atoms with Crippen LogP contribution < -0.4 is 26.8 Å². The summed E-state index contributed by atoms with van der Waals surface area (Å²) in [5.41, 5.74) is 16.3. The highest BCUT2D eigenvalue weighted by Gasteiger charge is 2.28. The molecule has 0 unspecified atom stereocenters. The maximum absolute atomic E-state index is 13.9. The molecule has 1 fully saturated rings. The molecule has 5 heterocycles. The zero-order chi connectivity index (χ0) is 51.1. The van der Waals surface area contributed by atoms with E-state index < -0.39 is 35.5 Å². The van der Waals surface area contributed by atoms with Crippen LogP contribution >= 0.6 is 0 Å². The Balaban J connectivity index is 1.05. The fourth-order valence-electron chi connectivity index (χ4n) is 8.39. The maximum atomic E-state index is 13.9. The summed E-state index contributed by atoms with van der Waals surface area (Å²) in [4.78, 5) is 88.5. The second-order valence-electron chi connectivity index (χ2n) is 17.0. The van der Waals surface area contributed by atoms with Crippen molar-refractivity contribution in [3.8, 4) is 17.6 Å². The highest BCUT2D eigenvalue weighted by atomic mass is 16.5. The summed E-state index contributed by atoms with van der Waals surface area (Å²) in [7, 11) is 0. The minimum Gasteiger partial charge on any atom is -0.479 e. The summed E-state index contributed by atoms with van der Waals surface area (Å²) in [5.74, 6) is 2.91. The number of fused-ring (bicyclic) bond motifs is 2. The van der Waals surface area contributed by atoms with E-state index in [1.165, 1.54) is 17.0 Å². The standard InChI is InChI=1S/C51H53N13O8/c1-5-63-40(25-31(3)58-63)46(67)56-50-54-37-27-35(44(52)65)16-17-39(37)61(50)20-10-11-21-62-43-38(55-51(62)57-47(68)41-26-32(4)59-64(41)6-2)28-36(45(53)66)29-42(43)71-24-12-15-33-18-22-60(23-19-33)48(69)49(70)72-30-34-13-8-7-9-14-34/h7-11,13-14,16-17,25-29,33H,5-6,18-24,30H2,1-4H3,(H2,52,65)(H2,53,66)(H,54,56,67)(H,55,57,68)/b11-10+. The molecule has 7 aromatic rings. The Bertz CT molecular complexity index is 3330. The molecule has 0 aliphatic carbocycles. The molecule has 4 aromatic heterocycles. The highest BCUT2D eigenvalue weighted by molar-refractivity contribution is 6.32. The van der Waals surface area contributed by atoms with E-state index in [9.17, 15) is 28.8 Å². The van der Waals surface area contributed by atoms with Crippen LogP contribution in [0.25, 0.3) is 22.1 Å². The average molecular weight is 976 g/mol. The van der Waals surface area contributed by atoms with Crippen molar-refractivity contribution < 1.29 is 38.2 Å². The topological polar surface area (TPSA) is 272 Å². The number of anilines is 2. The van der Waals surface area contributed by atoms with E-state index >= 15 is 0 Å². The molecule has 0 spiro atoms. The lowest BCUT2D eigenvalue weighted by Crippen LogP contribution is -2.42. The second kappa shape index (κ2) is 21.7. The highest BCUT2D eigenvalue weighted by Crippen LogP contribution is 2.32. The van der Waals surface area contributed by atoms with Crippen LogP contribution in [0.3, 0.4) is 0 Å². The van der Waals surface area contributed by atoms with E-state index in [1.807, 2.05) is 56.3 Å². The van der Waals surface area contributed by atoms with Gasteiger partial charge in [-0.1, -0.05) is 54.3 Å². The number of hydrogen-bond acceptors (Lipinski definition) is 12. The van der Waals surface area contributed by atoms with Gasteiger partial charge in [0.1, 0.15) is 35.9 Å². The normalized spacial score (nSPS) is 12.8. The van der Waals surface area contributed by atoms with Crippen molar-refractivity contribution in [3.63, 3.8) is 0 Å². The molecule has 3 aromatic carbocycles. The van der Waals surface area contributed by atoms with E-state index in [-0.39, 0.29) is 61.0 Å². The summed E-state index contributed by atoms with van der Waals surface area (Å²) < 4.78 is 18.2. The Labute approximate surface area is 413 Å². The molecule has 21 nitrogen and oxygen atoms in total. The van der Waals surface area contributed by atoms with Gasteiger partial charge in [0.2, 0.25) is 23.7 Å². The molecule has 0 atom stereocenters. The fraction of sp³-hybridized carbons (Fsp3) is 0.294. The SMILES string of the molecule is CCn1nc(C)cc1C(=O)Nc1nc2cc(C(N)=O)ccc2n1C/C=C/Cn1c(NC(=O)c2cc(C)nn2CC)nc2cc(C(N)=O)cc(OCC#CC3CCN(C(=O)C(=O)OCc4ccccc4)CC3)c21. The number of carbonyl (C=O) groups is 6. The number of rotatable bonds is 16. The van der Waals surface area contributed by atoms with Crippen molar-refractivity contribution in [1.29, 1.82) is 0 Å². The number of ether oxygens (including phenoxy) is 2. The Morgan fingerprint density at radius 3 is 1.93 bits per heavy atom. The first-order valence-corrected chi connectivity index (χ1v) is 23.3. The zero-order valence-corrected chi connectivity index (χ0v) is 40.2. The number of nitrogens with two attached hydrogens (primary N) is 2. The Morgan fingerprint density at radius 1 is 0.736 bits per heavy atom. The van der Waals surface area contributed by atoms with Crippen LogP contribution in [-0.4, -0.2) is 98.8 Å². The summed E-state index contributed by atoms with van der Waals surface area (Å²) in [6.45, 7) is 9.11. The van der Waals surface area contributed by atoms with Gasteiger partial charge in [0, 0.05) is 56.3 Å². The van der Waals surface area contributed by atoms with Crippen molar-refractivity contribution in [3.05, 3.63) is 124 Å². The fourth-order valence-corrected chi connectivity index (χ4v) is 8.39. The van der Waals surface area contributed by atoms with Crippen LogP contribution in [0, 0.1) is 31.6 Å². The lowest BCUT2D eigenvalue weighted by atomic mass is 9.97. The van der Waals surface area contributed by atoms with Crippen molar-refractivity contribution in [2.75, 3.05) is 30.3 Å². The summed E-state index contributed by atoms with van der Waals surface area (Å²) >= 11 is 0. The molecule has 5 amide bonds. The van der Waals surface area contributed by atoms with Crippen LogP contribution in [0.4, 0.5) is 11.9 Å². The van der Waals surface area contributed by atoms with Crippen molar-refractivity contribution in [1.82, 2.24) is 43.6 Å². The third-order valence-electron chi connectivity index (χ3n) is 12.0. The molecule has 1 aliphatic heterocycles. The number of primary amides is 2. The average Bonchev–Trinajstić information content (AvgIpc) is 4.15. The molecule has 72 heavy (non-hydrogen) atoms. The number of allylic oxidation sites excluding steroid dienone is 2. The molecule has 21 heteroatoms. The van der Waals surface area contributed by atoms with Gasteiger partial charge in [0.25, 0.3) is 11.8 Å². The molecule has 1 aliphatic rings. The quantitative estimate of drug-likeness (QED) is 0.0442. The summed E-state index contributed by atoms with van der Waals surface area (Å²) in [6, 6.07) is 20.3. The Kier molecular flexibility index (Phi) is 14.9. The third kappa shape index (κ3) is 11.0. The number of aryl methyl sites for hydroxylation is 4. The number of hydrogen-bond donors (Lipinski definition) is 4. The van der Waals surface area contributed by atoms with Crippen molar-refractivity contribution in [2.24, 2.45) is 17.4 Å². The predicted octanol–water partition coefficient (Wildman–Crippen LogP) is 4.76. The first-order chi connectivity index (χ1) is 34.7. The number of likely N-dealkylation sites (tertiary alicyclic amines) is 1. The van der Waals surface area contributed by atoms with E-state index in [0.717, 1.165) is 5.56 Å². The minimum atomic E-state index is -0.906. The Morgan fingerprint density at radius 2 is 1.32 bits per heavy atom. The van der Waals surface area contributed by atoms with Crippen LogP contribution in [0.5, 0.6) is 5.75 Å². The van der Waals surface area contributed by atoms with Gasteiger partial charge < -0.3 is 35.0 Å². The summed E-state index contributed by atoms with van der Waals surface area (Å²) in [6.07, 6.45) is 4.73. The number of nitrogens with one attached hydrogen (secondary N) is 2. The molecule has 0 saturated carbocycles. The van der Waals surface area contributed by atoms with Crippen LogP contribution in [0.1, 0.15) is 85.3 Å². The van der Waals surface area contributed by atoms with Gasteiger partial charge in [-0.25, -0.2) is 14.8 Å². The van der Waals surface area contributed by atoms with E-state index in [2.05, 4.69) is 37.7 Å². The first-order valence-electron chi connectivity index (χ1n) is 23.3. The lowest BCUT2D eigenvalue weighted by Gasteiger charge is -2.28. The van der Waals surface area contributed by atoms with Crippen molar-refractivity contribution in [2.45, 2.75) is 73.3 Å². The number of esters is 1. The minimum absolute atomic E-state index is 0.00381. The van der Waals surface area contributed by atoms with Gasteiger partial charge in [-0.05, 0) is 88.6 Å². The molecule has 370 valence electrons. The molecular weight excluding hydrogens is 923 g/mol. The molecule has 8 rings (SSSR count). The van der Waals surface area contributed by atoms with Gasteiger partial charge >= 0.3 is 11.9 Å². The number of benzene rings is 3. The number of imidazole rings is 2. The molecule has 1 saturated heterocycles. The lowest BCUT2D eigenvalue weighted by molar-refractivity contribution is -0.161. The van der Waals surface area contributed by atoms with Crippen LogP contribution in [-0.2, 0) is 47.1 Å². The van der Waals surface area contributed by atoms with E-state index in [0.29, 0.717) is 83.9 Å². The molecular formula is C51H53N13O8. The number of nitrogens with zero attached hydrogens (tertiary/aromatic N) is 9. The smallest absolute Gasteiger partial charge is 0.397 e. The molecule has 0 radical (unpaired) electrons. The molecule has 6 N–H and O–H groups in total. The van der Waals surface area contributed by atoms with E-state index in [1.54, 1.807) is 62.7 Å². The number of piperidine rings is 1. The van der Waals surface area contributed by atoms with Gasteiger partial charge in [-0.15, -0.1) is 0 Å². The predicted molar refractivity (Wildman–Crippen MR) is 266 cm³/mol. The van der Waals surface area contributed by atoms with Crippen molar-refractivity contribution >= 4 is 69.5 Å². The largest absolute Gasteiger partial charge is 0.479 e. The van der Waals surface area contributed by atoms with Gasteiger partial charge in [0.15, 0.2) is 0 Å². The van der Waals surface area contributed by atoms with Gasteiger partial charge in [-0.2, -0.15) is 10.2 Å². The van der Waals surface area contributed by atoms with Gasteiger partial charge in [-0.3, -0.25) is 44.0 Å². The first kappa shape index (κ1) is 49.4. The number of amides is 5. The van der Waals surface area contributed by atoms with Crippen LogP contribution in [0.15, 0.2) is 84.9 Å². The number of aromatic nitrogens is 8. The Hall–Kier alpha value is -9.06. The van der Waals surface area contributed by atoms with E-state index in [4.69, 9.17) is 25.9 Å². The number of carbonyl (C=O) groups excluding carboxylic acids is 6. The second-order valence-corrected chi connectivity index (χ2v) is 17.0. The zero-order valence-electron chi connectivity index (χ0n) is 40.2. The monoisotopic (exact) mass is 975 g/mol. The molecule has 0 bridgehead atoms.